The summed E-state index contributed by atoms with van der Waals surface area (Å²) in [5.74, 6) is -0.617. The van der Waals surface area contributed by atoms with Crippen molar-refractivity contribution in [2.45, 2.75) is 38.5 Å². The summed E-state index contributed by atoms with van der Waals surface area (Å²) >= 11 is 0. The van der Waals surface area contributed by atoms with Crippen molar-refractivity contribution in [2.24, 2.45) is 10.2 Å². The van der Waals surface area contributed by atoms with Crippen LogP contribution in [0.1, 0.15) is 49.7 Å². The van der Waals surface area contributed by atoms with E-state index < -0.39 is 9.85 Å². The Bertz CT molecular complexity index is 1000. The number of nitro benzene ring substituents is 2. The molecule has 0 fully saturated rings. The van der Waals surface area contributed by atoms with Gasteiger partial charge < -0.3 is 0 Å². The number of nitrogens with one attached hydrogen (secondary N) is 2. The van der Waals surface area contributed by atoms with Crippen LogP contribution in [-0.2, 0) is 9.59 Å². The number of nitro groups is 2. The van der Waals surface area contributed by atoms with Crippen molar-refractivity contribution in [3.8, 4) is 0 Å². The van der Waals surface area contributed by atoms with Gasteiger partial charge in [0, 0.05) is 25.0 Å². The fourth-order valence-electron chi connectivity index (χ4n) is 2.91. The summed E-state index contributed by atoms with van der Waals surface area (Å²) in [5, 5.41) is 29.4. The lowest BCUT2D eigenvalue weighted by molar-refractivity contribution is -0.385. The average molecular weight is 468 g/mol. The SMILES string of the molecule is O=C(CCCCCCC(=O)NN=Cc1ccccc1[N+](=O)[O-])NN=Cc1ccccc1[N+](=O)[O-]. The van der Waals surface area contributed by atoms with Crippen molar-refractivity contribution in [3.63, 3.8) is 0 Å². The molecule has 2 amide bonds. The van der Waals surface area contributed by atoms with E-state index in [1.54, 1.807) is 24.3 Å². The molecule has 0 atom stereocenters. The van der Waals surface area contributed by atoms with Gasteiger partial charge in [0.25, 0.3) is 11.4 Å². The van der Waals surface area contributed by atoms with E-state index in [2.05, 4.69) is 21.1 Å². The highest BCUT2D eigenvalue weighted by Gasteiger charge is 2.11. The van der Waals surface area contributed by atoms with Crippen molar-refractivity contribution in [2.75, 3.05) is 0 Å². The Kier molecular flexibility index (Phi) is 10.5. The van der Waals surface area contributed by atoms with Crippen molar-refractivity contribution < 1.29 is 19.4 Å². The number of nitrogens with zero attached hydrogens (tertiary/aromatic N) is 4. The number of para-hydroxylation sites is 2. The molecule has 0 radical (unpaired) electrons. The van der Waals surface area contributed by atoms with Crippen LogP contribution in [0, 0.1) is 20.2 Å². The number of amides is 2. The minimum atomic E-state index is -0.523. The lowest BCUT2D eigenvalue weighted by atomic mass is 10.1. The summed E-state index contributed by atoms with van der Waals surface area (Å²) in [6.45, 7) is 0. The second kappa shape index (κ2) is 13.8. The number of carbonyl (C=O) groups is 2. The molecule has 0 aromatic heterocycles. The van der Waals surface area contributed by atoms with E-state index in [-0.39, 0.29) is 47.2 Å². The Labute approximate surface area is 195 Å². The molecule has 2 N–H and O–H groups in total. The smallest absolute Gasteiger partial charge is 0.273 e. The maximum Gasteiger partial charge on any atom is 0.278 e. The maximum atomic E-state index is 11.8. The Morgan fingerprint density at radius 2 is 1.09 bits per heavy atom. The van der Waals surface area contributed by atoms with Crippen molar-refractivity contribution in [3.05, 3.63) is 79.9 Å². The molecule has 0 saturated carbocycles. The van der Waals surface area contributed by atoms with E-state index in [0.717, 1.165) is 12.8 Å². The first-order chi connectivity index (χ1) is 16.4. The van der Waals surface area contributed by atoms with Crippen LogP contribution in [0.15, 0.2) is 58.7 Å². The number of rotatable bonds is 13. The molecule has 2 aromatic carbocycles. The summed E-state index contributed by atoms with van der Waals surface area (Å²) in [7, 11) is 0. The summed E-state index contributed by atoms with van der Waals surface area (Å²) < 4.78 is 0. The molecular formula is C22H24N6O6. The minimum Gasteiger partial charge on any atom is -0.273 e. The van der Waals surface area contributed by atoms with Gasteiger partial charge in [-0.25, -0.2) is 10.9 Å². The lowest BCUT2D eigenvalue weighted by Gasteiger charge is -2.02. The molecule has 2 rings (SSSR count). The van der Waals surface area contributed by atoms with Crippen LogP contribution in [0.3, 0.4) is 0 Å². The zero-order valence-electron chi connectivity index (χ0n) is 18.3. The minimum absolute atomic E-state index is 0.100. The molecule has 0 aliphatic carbocycles. The molecule has 2 aromatic rings. The highest BCUT2D eigenvalue weighted by molar-refractivity contribution is 5.87. The molecule has 0 aliphatic heterocycles. The van der Waals surface area contributed by atoms with Gasteiger partial charge in [0.2, 0.25) is 11.8 Å². The monoisotopic (exact) mass is 468 g/mol. The van der Waals surface area contributed by atoms with E-state index in [1.165, 1.54) is 36.7 Å². The van der Waals surface area contributed by atoms with Crippen LogP contribution in [0.2, 0.25) is 0 Å². The van der Waals surface area contributed by atoms with Crippen LogP contribution in [-0.4, -0.2) is 34.1 Å². The van der Waals surface area contributed by atoms with Gasteiger partial charge in [0.05, 0.1) is 33.4 Å². The Balaban J connectivity index is 1.59. The zero-order valence-corrected chi connectivity index (χ0v) is 18.3. The highest BCUT2D eigenvalue weighted by Crippen LogP contribution is 2.16. The van der Waals surface area contributed by atoms with Gasteiger partial charge >= 0.3 is 0 Å². The average Bonchev–Trinajstić information content (AvgIpc) is 2.81. The quantitative estimate of drug-likeness (QED) is 0.197. The summed E-state index contributed by atoms with van der Waals surface area (Å²) in [4.78, 5) is 44.5. The number of carbonyl (C=O) groups excluding carboxylic acids is 2. The Morgan fingerprint density at radius 3 is 1.47 bits per heavy atom. The van der Waals surface area contributed by atoms with E-state index >= 15 is 0 Å². The second-order valence-electron chi connectivity index (χ2n) is 7.13. The summed E-state index contributed by atoms with van der Waals surface area (Å²) in [6.07, 6.45) is 5.60. The number of hydrogen-bond donors (Lipinski definition) is 2. The van der Waals surface area contributed by atoms with E-state index in [0.29, 0.717) is 12.8 Å². The molecule has 0 heterocycles. The normalized spacial score (nSPS) is 10.9. The Morgan fingerprint density at radius 1 is 0.706 bits per heavy atom. The first-order valence-electron chi connectivity index (χ1n) is 10.5. The molecule has 0 aliphatic rings. The summed E-state index contributed by atoms with van der Waals surface area (Å²) in [6, 6.07) is 12.1. The maximum absolute atomic E-state index is 11.8. The number of unbranched alkanes of at least 4 members (excludes halogenated alkanes) is 3. The first kappa shape index (κ1) is 25.8. The number of benzene rings is 2. The molecule has 178 valence electrons. The fourth-order valence-corrected chi connectivity index (χ4v) is 2.91. The molecular weight excluding hydrogens is 444 g/mol. The Hall–Kier alpha value is -4.48. The van der Waals surface area contributed by atoms with E-state index in [9.17, 15) is 29.8 Å². The van der Waals surface area contributed by atoms with Gasteiger partial charge in [-0.3, -0.25) is 29.8 Å². The molecule has 0 spiro atoms. The highest BCUT2D eigenvalue weighted by atomic mass is 16.6. The van der Waals surface area contributed by atoms with Crippen LogP contribution < -0.4 is 10.9 Å². The van der Waals surface area contributed by atoms with Gasteiger partial charge in [-0.2, -0.15) is 10.2 Å². The predicted octanol–water partition coefficient (Wildman–Crippen LogP) is 3.44. The van der Waals surface area contributed by atoms with Crippen LogP contribution in [0.5, 0.6) is 0 Å². The van der Waals surface area contributed by atoms with Crippen LogP contribution >= 0.6 is 0 Å². The van der Waals surface area contributed by atoms with Gasteiger partial charge in [0.1, 0.15) is 0 Å². The van der Waals surface area contributed by atoms with Crippen molar-refractivity contribution in [1.29, 1.82) is 0 Å². The number of hydrazone groups is 2. The van der Waals surface area contributed by atoms with E-state index in [1.807, 2.05) is 0 Å². The lowest BCUT2D eigenvalue weighted by Crippen LogP contribution is -2.17. The fraction of sp³-hybridized carbons (Fsp3) is 0.273. The van der Waals surface area contributed by atoms with Gasteiger partial charge in [0.15, 0.2) is 0 Å². The van der Waals surface area contributed by atoms with Crippen molar-refractivity contribution in [1.82, 2.24) is 10.9 Å². The molecule has 0 unspecified atom stereocenters. The third-order valence-electron chi connectivity index (χ3n) is 4.61. The largest absolute Gasteiger partial charge is 0.278 e. The first-order valence-corrected chi connectivity index (χ1v) is 10.5. The third kappa shape index (κ3) is 8.94. The van der Waals surface area contributed by atoms with Crippen LogP contribution in [0.4, 0.5) is 11.4 Å². The molecule has 0 saturated heterocycles. The zero-order chi connectivity index (χ0) is 24.8. The molecule has 12 nitrogen and oxygen atoms in total. The van der Waals surface area contributed by atoms with Gasteiger partial charge in [-0.15, -0.1) is 0 Å². The predicted molar refractivity (Wildman–Crippen MR) is 125 cm³/mol. The summed E-state index contributed by atoms with van der Waals surface area (Å²) in [5.41, 5.74) is 5.06. The van der Waals surface area contributed by atoms with Crippen molar-refractivity contribution >= 4 is 35.6 Å². The molecule has 0 bridgehead atoms. The van der Waals surface area contributed by atoms with E-state index in [4.69, 9.17) is 0 Å². The van der Waals surface area contributed by atoms with Gasteiger partial charge in [-0.05, 0) is 25.0 Å². The standard InChI is InChI=1S/C22H24N6O6/c29-21(25-23-15-17-9-5-7-11-19(17)27(31)32)13-3-1-2-4-14-22(30)26-24-16-18-10-6-8-12-20(18)28(33)34/h5-12,15-16H,1-4,13-14H2,(H,25,29)(H,26,30). The third-order valence-corrected chi connectivity index (χ3v) is 4.61. The number of hydrogen-bond acceptors (Lipinski definition) is 8. The van der Waals surface area contributed by atoms with Gasteiger partial charge in [-0.1, -0.05) is 37.1 Å². The topological polar surface area (TPSA) is 169 Å². The van der Waals surface area contributed by atoms with Crippen LogP contribution in [0.25, 0.3) is 0 Å². The second-order valence-corrected chi connectivity index (χ2v) is 7.13. The molecule has 12 heteroatoms. The molecule has 34 heavy (non-hydrogen) atoms.